The molecule has 2 aliphatic rings. The molecular weight excluding hydrogens is 244 g/mol. The van der Waals surface area contributed by atoms with Crippen LogP contribution in [0.1, 0.15) is 45.1 Å². The van der Waals surface area contributed by atoms with E-state index in [0.29, 0.717) is 5.41 Å². The monoisotopic (exact) mass is 272 g/mol. The van der Waals surface area contributed by atoms with E-state index in [9.17, 15) is 0 Å². The van der Waals surface area contributed by atoms with Crippen molar-refractivity contribution in [3.63, 3.8) is 0 Å². The van der Waals surface area contributed by atoms with Crippen molar-refractivity contribution in [1.82, 2.24) is 10.2 Å². The summed E-state index contributed by atoms with van der Waals surface area (Å²) in [5.74, 6) is 0. The van der Waals surface area contributed by atoms with E-state index in [2.05, 4.69) is 54.4 Å². The summed E-state index contributed by atoms with van der Waals surface area (Å²) in [5.41, 5.74) is 2.16. The predicted octanol–water partition coefficient (Wildman–Crippen LogP) is 3.39. The van der Waals surface area contributed by atoms with Gasteiger partial charge < -0.3 is 5.32 Å². The van der Waals surface area contributed by atoms with E-state index in [4.69, 9.17) is 0 Å². The molecule has 1 aliphatic heterocycles. The molecule has 1 heterocycles. The SMILES string of the molecule is CCC1(CN2CCNC(C)(c3ccccc3)C2)CCC1. The minimum absolute atomic E-state index is 0.109. The summed E-state index contributed by atoms with van der Waals surface area (Å²) in [7, 11) is 0. The molecule has 0 aromatic heterocycles. The van der Waals surface area contributed by atoms with Gasteiger partial charge >= 0.3 is 0 Å². The van der Waals surface area contributed by atoms with Crippen LogP contribution in [-0.4, -0.2) is 31.1 Å². The Morgan fingerprint density at radius 3 is 2.55 bits per heavy atom. The van der Waals surface area contributed by atoms with E-state index in [-0.39, 0.29) is 5.54 Å². The van der Waals surface area contributed by atoms with E-state index < -0.39 is 0 Å². The van der Waals surface area contributed by atoms with E-state index in [1.54, 1.807) is 0 Å². The first-order chi connectivity index (χ1) is 9.66. The first-order valence-electron chi connectivity index (χ1n) is 8.19. The number of nitrogens with one attached hydrogen (secondary N) is 1. The Morgan fingerprint density at radius 1 is 1.20 bits per heavy atom. The fourth-order valence-corrected chi connectivity index (χ4v) is 3.98. The third-order valence-electron chi connectivity index (χ3n) is 5.62. The second-order valence-corrected chi connectivity index (χ2v) is 7.04. The first kappa shape index (κ1) is 14.1. The molecular formula is C18H28N2. The fraction of sp³-hybridized carbons (Fsp3) is 0.667. The smallest absolute Gasteiger partial charge is 0.0535 e. The molecule has 0 bridgehead atoms. The molecule has 2 fully saturated rings. The topological polar surface area (TPSA) is 15.3 Å². The Morgan fingerprint density at radius 2 is 1.95 bits per heavy atom. The Kier molecular flexibility index (Phi) is 3.87. The van der Waals surface area contributed by atoms with Gasteiger partial charge in [0.25, 0.3) is 0 Å². The van der Waals surface area contributed by atoms with Gasteiger partial charge in [0.2, 0.25) is 0 Å². The lowest BCUT2D eigenvalue weighted by Crippen LogP contribution is -2.58. The highest BCUT2D eigenvalue weighted by molar-refractivity contribution is 5.25. The van der Waals surface area contributed by atoms with Crippen molar-refractivity contribution in [1.29, 1.82) is 0 Å². The third kappa shape index (κ3) is 2.64. The van der Waals surface area contributed by atoms with Crippen molar-refractivity contribution in [3.05, 3.63) is 35.9 Å². The summed E-state index contributed by atoms with van der Waals surface area (Å²) in [6.45, 7) is 9.47. The van der Waals surface area contributed by atoms with Gasteiger partial charge in [-0.3, -0.25) is 4.90 Å². The van der Waals surface area contributed by atoms with Crippen LogP contribution < -0.4 is 5.32 Å². The summed E-state index contributed by atoms with van der Waals surface area (Å²) in [4.78, 5) is 2.70. The summed E-state index contributed by atoms with van der Waals surface area (Å²) in [5, 5.41) is 3.74. The molecule has 1 aromatic carbocycles. The lowest BCUT2D eigenvalue weighted by atomic mass is 9.66. The maximum atomic E-state index is 3.74. The van der Waals surface area contributed by atoms with Gasteiger partial charge in [-0.1, -0.05) is 43.7 Å². The van der Waals surface area contributed by atoms with Crippen molar-refractivity contribution in [2.45, 2.75) is 45.1 Å². The van der Waals surface area contributed by atoms with E-state index in [0.717, 1.165) is 13.1 Å². The highest BCUT2D eigenvalue weighted by atomic mass is 15.2. The standard InChI is InChI=1S/C18H28N2/c1-3-18(10-7-11-18)15-20-13-12-19-17(2,14-20)16-8-5-4-6-9-16/h4-6,8-9,19H,3,7,10-15H2,1-2H3. The van der Waals surface area contributed by atoms with Gasteiger partial charge in [0.1, 0.15) is 0 Å². The number of rotatable bonds is 4. The predicted molar refractivity (Wildman–Crippen MR) is 84.8 cm³/mol. The Bertz CT molecular complexity index is 432. The van der Waals surface area contributed by atoms with Crippen LogP contribution in [0.4, 0.5) is 0 Å². The molecule has 1 aliphatic carbocycles. The quantitative estimate of drug-likeness (QED) is 0.904. The van der Waals surface area contributed by atoms with Crippen molar-refractivity contribution >= 4 is 0 Å². The van der Waals surface area contributed by atoms with Gasteiger partial charge in [-0.15, -0.1) is 0 Å². The molecule has 1 saturated heterocycles. The minimum Gasteiger partial charge on any atom is -0.305 e. The molecule has 1 unspecified atom stereocenters. The van der Waals surface area contributed by atoms with E-state index >= 15 is 0 Å². The average Bonchev–Trinajstić information content (AvgIpc) is 2.44. The van der Waals surface area contributed by atoms with Crippen LogP contribution in [0.25, 0.3) is 0 Å². The molecule has 0 amide bonds. The number of nitrogens with zero attached hydrogens (tertiary/aromatic N) is 1. The number of piperazine rings is 1. The average molecular weight is 272 g/mol. The maximum absolute atomic E-state index is 3.74. The number of hydrogen-bond acceptors (Lipinski definition) is 2. The lowest BCUT2D eigenvalue weighted by molar-refractivity contribution is 0.0331. The van der Waals surface area contributed by atoms with Gasteiger partial charge in [0.15, 0.2) is 0 Å². The van der Waals surface area contributed by atoms with Gasteiger partial charge in [0.05, 0.1) is 5.54 Å². The number of hydrogen-bond donors (Lipinski definition) is 1. The zero-order valence-corrected chi connectivity index (χ0v) is 13.0. The molecule has 0 radical (unpaired) electrons. The zero-order valence-electron chi connectivity index (χ0n) is 13.0. The molecule has 3 rings (SSSR count). The van der Waals surface area contributed by atoms with Crippen LogP contribution in [0, 0.1) is 5.41 Å². The van der Waals surface area contributed by atoms with E-state index in [1.165, 1.54) is 44.3 Å². The minimum atomic E-state index is 0.109. The fourth-order valence-electron chi connectivity index (χ4n) is 3.98. The zero-order chi connectivity index (χ0) is 14.1. The molecule has 0 spiro atoms. The summed E-state index contributed by atoms with van der Waals surface area (Å²) < 4.78 is 0. The summed E-state index contributed by atoms with van der Waals surface area (Å²) in [6, 6.07) is 10.9. The second kappa shape index (κ2) is 5.50. The van der Waals surface area contributed by atoms with Crippen LogP contribution in [0.5, 0.6) is 0 Å². The van der Waals surface area contributed by atoms with Crippen molar-refractivity contribution in [2.75, 3.05) is 26.2 Å². The third-order valence-corrected chi connectivity index (χ3v) is 5.62. The molecule has 1 aromatic rings. The van der Waals surface area contributed by atoms with Gasteiger partial charge in [0, 0.05) is 26.2 Å². The summed E-state index contributed by atoms with van der Waals surface area (Å²) in [6.07, 6.45) is 5.67. The molecule has 1 atom stereocenters. The number of benzene rings is 1. The highest BCUT2D eigenvalue weighted by Gasteiger charge is 2.39. The van der Waals surface area contributed by atoms with Crippen molar-refractivity contribution in [2.24, 2.45) is 5.41 Å². The maximum Gasteiger partial charge on any atom is 0.0535 e. The molecule has 2 heteroatoms. The van der Waals surface area contributed by atoms with Crippen LogP contribution >= 0.6 is 0 Å². The molecule has 2 nitrogen and oxygen atoms in total. The van der Waals surface area contributed by atoms with Crippen molar-refractivity contribution in [3.8, 4) is 0 Å². The van der Waals surface area contributed by atoms with Crippen molar-refractivity contribution < 1.29 is 0 Å². The van der Waals surface area contributed by atoms with Crippen LogP contribution in [0.2, 0.25) is 0 Å². The van der Waals surface area contributed by atoms with E-state index in [1.807, 2.05) is 0 Å². The molecule has 1 N–H and O–H groups in total. The van der Waals surface area contributed by atoms with Gasteiger partial charge in [-0.05, 0) is 37.2 Å². The Labute approximate surface area is 123 Å². The van der Waals surface area contributed by atoms with Gasteiger partial charge in [-0.25, -0.2) is 0 Å². The summed E-state index contributed by atoms with van der Waals surface area (Å²) >= 11 is 0. The van der Waals surface area contributed by atoms with Gasteiger partial charge in [-0.2, -0.15) is 0 Å². The normalized spacial score (nSPS) is 29.9. The largest absolute Gasteiger partial charge is 0.305 e. The van der Waals surface area contributed by atoms with Crippen LogP contribution in [0.3, 0.4) is 0 Å². The Hall–Kier alpha value is -0.860. The van der Waals surface area contributed by atoms with Crippen LogP contribution in [-0.2, 0) is 5.54 Å². The lowest BCUT2D eigenvalue weighted by Gasteiger charge is -2.49. The highest BCUT2D eigenvalue weighted by Crippen LogP contribution is 2.44. The van der Waals surface area contributed by atoms with Crippen LogP contribution in [0.15, 0.2) is 30.3 Å². The molecule has 1 saturated carbocycles. The molecule has 110 valence electrons. The molecule has 20 heavy (non-hydrogen) atoms. The Balaban J connectivity index is 1.70. The first-order valence-corrected chi connectivity index (χ1v) is 8.19. The second-order valence-electron chi connectivity index (χ2n) is 7.04.